The number of carbonyl (C=O) groups excluding carboxylic acids is 2. The Morgan fingerprint density at radius 3 is 2.33 bits per heavy atom. The van der Waals surface area contributed by atoms with E-state index in [1.54, 1.807) is 6.26 Å². The fraction of sp³-hybridized carbons (Fsp3) is 0.385. The summed E-state index contributed by atoms with van der Waals surface area (Å²) in [7, 11) is 0. The van der Waals surface area contributed by atoms with Crippen molar-refractivity contribution in [1.29, 1.82) is 0 Å². The van der Waals surface area contributed by atoms with Gasteiger partial charge in [-0.2, -0.15) is 12.6 Å². The van der Waals surface area contributed by atoms with Crippen molar-refractivity contribution in [3.05, 3.63) is 36.6 Å². The third-order valence-electron chi connectivity index (χ3n) is 1.95. The molecular formula is C13H22N2O2S. The number of allylic oxidation sites excluding steroid dienone is 3. The van der Waals surface area contributed by atoms with Crippen LogP contribution < -0.4 is 11.1 Å². The van der Waals surface area contributed by atoms with Gasteiger partial charge in [0.15, 0.2) is 5.78 Å². The number of thiol groups is 1. The van der Waals surface area contributed by atoms with Gasteiger partial charge in [-0.25, -0.2) is 0 Å². The molecule has 0 aromatic heterocycles. The largest absolute Gasteiger partial charge is 0.324 e. The fourth-order valence-corrected chi connectivity index (χ4v) is 1.13. The van der Waals surface area contributed by atoms with Gasteiger partial charge in [0.2, 0.25) is 5.91 Å². The molecule has 0 saturated carbocycles. The quantitative estimate of drug-likeness (QED) is 0.500. The third-order valence-corrected chi connectivity index (χ3v) is 1.95. The monoisotopic (exact) mass is 270 g/mol. The lowest BCUT2D eigenvalue weighted by Gasteiger charge is -2.06. The molecule has 0 aromatic rings. The molecule has 0 aliphatic carbocycles. The Bertz CT molecular complexity index is 349. The molecule has 4 nitrogen and oxygen atoms in total. The van der Waals surface area contributed by atoms with Gasteiger partial charge in [0.05, 0.1) is 11.7 Å². The Balaban J connectivity index is 0. The summed E-state index contributed by atoms with van der Waals surface area (Å²) in [6.07, 6.45) is 4.69. The summed E-state index contributed by atoms with van der Waals surface area (Å²) in [5, 5.41) is 2.52. The van der Waals surface area contributed by atoms with E-state index < -0.39 is 6.04 Å². The van der Waals surface area contributed by atoms with Crippen molar-refractivity contribution in [2.75, 3.05) is 6.26 Å². The number of Topliss-reactive ketones (excluding diaryl/α,β-unsaturated/α-hetero) is 1. The highest BCUT2D eigenvalue weighted by Gasteiger charge is 2.26. The van der Waals surface area contributed by atoms with E-state index in [-0.39, 0.29) is 23.7 Å². The molecule has 1 unspecified atom stereocenters. The Hall–Kier alpha value is -1.33. The molecule has 18 heavy (non-hydrogen) atoms. The minimum Gasteiger partial charge on any atom is -0.324 e. The van der Waals surface area contributed by atoms with Gasteiger partial charge < -0.3 is 11.1 Å². The summed E-state index contributed by atoms with van der Waals surface area (Å²) in [5.74, 6) is -0.589. The number of nitrogens with one attached hydrogen (secondary N) is 1. The van der Waals surface area contributed by atoms with Crippen LogP contribution in [0, 0.1) is 0 Å². The molecule has 1 heterocycles. The maximum absolute atomic E-state index is 11.4. The zero-order chi connectivity index (χ0) is 14.7. The molecule has 0 aromatic carbocycles. The average Bonchev–Trinajstić information content (AvgIpc) is 2.48. The van der Waals surface area contributed by atoms with Crippen LogP contribution in [0.4, 0.5) is 0 Å². The molecular weight excluding hydrogens is 248 g/mol. The lowest BCUT2D eigenvalue weighted by molar-refractivity contribution is -0.123. The number of amides is 1. The highest BCUT2D eigenvalue weighted by Crippen LogP contribution is 2.13. The second-order valence-electron chi connectivity index (χ2n) is 3.02. The first-order valence-electron chi connectivity index (χ1n) is 5.62. The molecule has 5 heteroatoms. The van der Waals surface area contributed by atoms with Crippen molar-refractivity contribution in [1.82, 2.24) is 5.32 Å². The summed E-state index contributed by atoms with van der Waals surface area (Å²) in [6.45, 7) is 11.1. The normalized spacial score (nSPS) is 20.8. The molecule has 102 valence electrons. The van der Waals surface area contributed by atoms with Crippen LogP contribution in [0.25, 0.3) is 0 Å². The Morgan fingerprint density at radius 2 is 1.89 bits per heavy atom. The fourth-order valence-electron chi connectivity index (χ4n) is 1.13. The standard InChI is InChI=1S/C10H12N2O2.C2H6.CH4S/c1-3-4-8-6(2)9(13)5-7(11)10(14)12-8;2*1-2/h3-4,7H,1-2,5,11H2,(H,12,14);1-2H3;2H,1H3/b8-4+;;. The van der Waals surface area contributed by atoms with Crippen LogP contribution in [0.15, 0.2) is 36.6 Å². The maximum Gasteiger partial charge on any atom is 0.241 e. The van der Waals surface area contributed by atoms with Gasteiger partial charge in [-0.15, -0.1) is 0 Å². The number of ketones is 1. The molecule has 1 rings (SSSR count). The minimum absolute atomic E-state index is 0.000844. The topological polar surface area (TPSA) is 72.2 Å². The van der Waals surface area contributed by atoms with Gasteiger partial charge in [0.1, 0.15) is 0 Å². The van der Waals surface area contributed by atoms with Crippen LogP contribution in [-0.4, -0.2) is 24.0 Å². The number of hydrogen-bond acceptors (Lipinski definition) is 4. The van der Waals surface area contributed by atoms with E-state index in [0.717, 1.165) is 0 Å². The van der Waals surface area contributed by atoms with E-state index in [2.05, 4.69) is 31.1 Å². The molecule has 1 atom stereocenters. The first kappa shape index (κ1) is 19.0. The van der Waals surface area contributed by atoms with Crippen molar-refractivity contribution in [2.45, 2.75) is 26.3 Å². The molecule has 0 bridgehead atoms. The van der Waals surface area contributed by atoms with Crippen molar-refractivity contribution >= 4 is 24.3 Å². The van der Waals surface area contributed by atoms with Crippen molar-refractivity contribution in [2.24, 2.45) is 5.73 Å². The van der Waals surface area contributed by atoms with Crippen LogP contribution >= 0.6 is 12.6 Å². The van der Waals surface area contributed by atoms with Crippen LogP contribution in [0.2, 0.25) is 0 Å². The predicted octanol–water partition coefficient (Wildman–Crippen LogP) is 1.60. The lowest BCUT2D eigenvalue weighted by Crippen LogP contribution is -2.38. The second-order valence-corrected chi connectivity index (χ2v) is 3.02. The number of carbonyl (C=O) groups is 2. The lowest BCUT2D eigenvalue weighted by atomic mass is 10.1. The summed E-state index contributed by atoms with van der Waals surface area (Å²) in [4.78, 5) is 22.7. The van der Waals surface area contributed by atoms with Crippen LogP contribution in [0.3, 0.4) is 0 Å². The van der Waals surface area contributed by atoms with Gasteiger partial charge in [-0.1, -0.05) is 33.1 Å². The summed E-state index contributed by atoms with van der Waals surface area (Å²) < 4.78 is 0. The average molecular weight is 270 g/mol. The van der Waals surface area contributed by atoms with Crippen molar-refractivity contribution in [3.63, 3.8) is 0 Å². The smallest absolute Gasteiger partial charge is 0.241 e. The zero-order valence-corrected chi connectivity index (χ0v) is 12.1. The summed E-state index contributed by atoms with van der Waals surface area (Å²) in [5.41, 5.74) is 6.11. The number of nitrogens with two attached hydrogens (primary N) is 1. The minimum atomic E-state index is -0.796. The molecule has 3 N–H and O–H groups in total. The molecule has 1 fully saturated rings. The van der Waals surface area contributed by atoms with Crippen molar-refractivity contribution in [3.8, 4) is 0 Å². The van der Waals surface area contributed by atoms with Gasteiger partial charge in [0.25, 0.3) is 0 Å². The van der Waals surface area contributed by atoms with Crippen molar-refractivity contribution < 1.29 is 9.59 Å². The van der Waals surface area contributed by atoms with Gasteiger partial charge in [0, 0.05) is 12.0 Å². The Labute approximate surface area is 114 Å². The van der Waals surface area contributed by atoms with E-state index in [4.69, 9.17) is 5.73 Å². The third kappa shape index (κ3) is 5.84. The number of rotatable bonds is 1. The Morgan fingerprint density at radius 1 is 1.39 bits per heavy atom. The molecule has 1 aliphatic rings. The van der Waals surface area contributed by atoms with E-state index in [9.17, 15) is 9.59 Å². The molecule has 1 aliphatic heterocycles. The first-order valence-corrected chi connectivity index (χ1v) is 6.52. The molecule has 1 saturated heterocycles. The highest BCUT2D eigenvalue weighted by molar-refractivity contribution is 7.79. The predicted molar refractivity (Wildman–Crippen MR) is 79.4 cm³/mol. The molecule has 0 radical (unpaired) electrons. The van der Waals surface area contributed by atoms with Gasteiger partial charge in [-0.05, 0) is 12.3 Å². The van der Waals surface area contributed by atoms with E-state index in [1.165, 1.54) is 12.2 Å². The van der Waals surface area contributed by atoms with Crippen LogP contribution in [0.1, 0.15) is 20.3 Å². The Kier molecular flexibility index (Phi) is 11.4. The molecule has 1 amide bonds. The number of hydrogen-bond donors (Lipinski definition) is 3. The summed E-state index contributed by atoms with van der Waals surface area (Å²) >= 11 is 3.53. The second kappa shape index (κ2) is 10.8. The van der Waals surface area contributed by atoms with E-state index in [0.29, 0.717) is 5.70 Å². The maximum atomic E-state index is 11.4. The zero-order valence-electron chi connectivity index (χ0n) is 11.2. The highest BCUT2D eigenvalue weighted by atomic mass is 32.1. The summed E-state index contributed by atoms with van der Waals surface area (Å²) in [6, 6.07) is -0.796. The SMILES string of the molecule is C=C/C=C1/NC(=O)C(N)CC(=O)C1=C.CC.CS. The van der Waals surface area contributed by atoms with Crippen LogP contribution in [0.5, 0.6) is 0 Å². The molecule has 0 spiro atoms. The first-order chi connectivity index (χ1) is 8.56. The van der Waals surface area contributed by atoms with E-state index in [1.807, 2.05) is 13.8 Å². The van der Waals surface area contributed by atoms with E-state index >= 15 is 0 Å². The van der Waals surface area contributed by atoms with Crippen LogP contribution in [-0.2, 0) is 9.59 Å². The van der Waals surface area contributed by atoms with Gasteiger partial charge >= 0.3 is 0 Å². The van der Waals surface area contributed by atoms with Gasteiger partial charge in [-0.3, -0.25) is 9.59 Å².